The van der Waals surface area contributed by atoms with E-state index in [2.05, 4.69) is 11.8 Å². The van der Waals surface area contributed by atoms with Crippen molar-refractivity contribution in [2.24, 2.45) is 0 Å². The Kier molecular flexibility index (Phi) is 5.56. The Bertz CT molecular complexity index is 473. The lowest BCUT2D eigenvalue weighted by Gasteiger charge is -2.36. The van der Waals surface area contributed by atoms with Crippen LogP contribution < -0.4 is 4.74 Å². The van der Waals surface area contributed by atoms with Crippen LogP contribution in [0.2, 0.25) is 0 Å². The second-order valence-electron chi connectivity index (χ2n) is 5.39. The fraction of sp³-hybridized carbons (Fsp3) is 0.562. The van der Waals surface area contributed by atoms with Crippen molar-refractivity contribution in [3.63, 3.8) is 0 Å². The molecule has 1 aliphatic heterocycles. The number of nitrogens with zero attached hydrogens (tertiary/aromatic N) is 2. The van der Waals surface area contributed by atoms with Gasteiger partial charge in [-0.1, -0.05) is 19.1 Å². The zero-order chi connectivity index (χ0) is 15.2. The summed E-state index contributed by atoms with van der Waals surface area (Å²) in [5, 5.41) is 0. The van der Waals surface area contributed by atoms with Gasteiger partial charge in [0.05, 0.1) is 0 Å². The van der Waals surface area contributed by atoms with Crippen molar-refractivity contribution in [2.45, 2.75) is 25.8 Å². The Hall–Kier alpha value is -1.62. The Morgan fingerprint density at radius 1 is 1.38 bits per heavy atom. The standard InChI is InChI=1S/C16H23FN2O2/c1-3-19-10-8-13(9-11-19)18(2)16(20)12-21-15-7-5-4-6-14(15)17/h4-7,13H,3,8-12H2,1-2H3. The van der Waals surface area contributed by atoms with Gasteiger partial charge in [-0.2, -0.15) is 0 Å². The summed E-state index contributed by atoms with van der Waals surface area (Å²) < 4.78 is 18.7. The lowest BCUT2D eigenvalue weighted by Crippen LogP contribution is -2.46. The van der Waals surface area contributed by atoms with E-state index in [0.29, 0.717) is 0 Å². The molecule has 21 heavy (non-hydrogen) atoms. The van der Waals surface area contributed by atoms with E-state index in [1.807, 2.05) is 0 Å². The number of halogens is 1. The maximum absolute atomic E-state index is 13.4. The van der Waals surface area contributed by atoms with Gasteiger partial charge in [-0.05, 0) is 31.5 Å². The Balaban J connectivity index is 1.82. The van der Waals surface area contributed by atoms with Crippen LogP contribution in [-0.4, -0.2) is 55.0 Å². The largest absolute Gasteiger partial charge is 0.481 e. The highest BCUT2D eigenvalue weighted by molar-refractivity contribution is 5.77. The van der Waals surface area contributed by atoms with Gasteiger partial charge in [0.15, 0.2) is 18.2 Å². The van der Waals surface area contributed by atoms with Crippen LogP contribution in [0.3, 0.4) is 0 Å². The van der Waals surface area contributed by atoms with Gasteiger partial charge in [0.2, 0.25) is 0 Å². The second kappa shape index (κ2) is 7.41. The minimum absolute atomic E-state index is 0.104. The number of ether oxygens (including phenoxy) is 1. The van der Waals surface area contributed by atoms with Crippen LogP contribution in [0.15, 0.2) is 24.3 Å². The monoisotopic (exact) mass is 294 g/mol. The average molecular weight is 294 g/mol. The number of likely N-dealkylation sites (tertiary alicyclic amines) is 1. The maximum Gasteiger partial charge on any atom is 0.260 e. The molecular formula is C16H23FN2O2. The Morgan fingerprint density at radius 3 is 2.67 bits per heavy atom. The molecule has 0 radical (unpaired) electrons. The van der Waals surface area contributed by atoms with Crippen molar-refractivity contribution >= 4 is 5.91 Å². The summed E-state index contributed by atoms with van der Waals surface area (Å²) in [6, 6.07) is 6.39. The predicted molar refractivity (Wildman–Crippen MR) is 79.8 cm³/mol. The van der Waals surface area contributed by atoms with Crippen LogP contribution in [-0.2, 0) is 4.79 Å². The molecule has 1 saturated heterocycles. The van der Waals surface area contributed by atoms with E-state index in [-0.39, 0.29) is 24.3 Å². The number of amides is 1. The van der Waals surface area contributed by atoms with Crippen LogP contribution in [0.25, 0.3) is 0 Å². The summed E-state index contributed by atoms with van der Waals surface area (Å²) in [7, 11) is 1.80. The summed E-state index contributed by atoms with van der Waals surface area (Å²) in [6.45, 7) is 5.13. The molecule has 0 spiro atoms. The van der Waals surface area contributed by atoms with Crippen LogP contribution in [0.1, 0.15) is 19.8 Å². The van der Waals surface area contributed by atoms with Gasteiger partial charge in [-0.15, -0.1) is 0 Å². The van der Waals surface area contributed by atoms with E-state index < -0.39 is 5.82 Å². The Morgan fingerprint density at radius 2 is 2.05 bits per heavy atom. The van der Waals surface area contributed by atoms with E-state index in [0.717, 1.165) is 32.5 Å². The number of carbonyl (C=O) groups excluding carboxylic acids is 1. The molecule has 0 atom stereocenters. The van der Waals surface area contributed by atoms with E-state index in [9.17, 15) is 9.18 Å². The summed E-state index contributed by atoms with van der Waals surface area (Å²) in [6.07, 6.45) is 1.96. The summed E-state index contributed by atoms with van der Waals surface area (Å²) in [4.78, 5) is 16.3. The van der Waals surface area contributed by atoms with Gasteiger partial charge in [0, 0.05) is 26.2 Å². The normalized spacial score (nSPS) is 16.7. The molecule has 0 unspecified atom stereocenters. The average Bonchev–Trinajstić information content (AvgIpc) is 2.53. The fourth-order valence-corrected chi connectivity index (χ4v) is 2.63. The first kappa shape index (κ1) is 15.8. The number of benzene rings is 1. The van der Waals surface area contributed by atoms with Crippen LogP contribution in [0.5, 0.6) is 5.75 Å². The molecule has 1 aromatic carbocycles. The number of hydrogen-bond donors (Lipinski definition) is 0. The predicted octanol–water partition coefficient (Wildman–Crippen LogP) is 2.15. The van der Waals surface area contributed by atoms with Gasteiger partial charge in [0.1, 0.15) is 0 Å². The van der Waals surface area contributed by atoms with E-state index in [1.54, 1.807) is 24.1 Å². The highest BCUT2D eigenvalue weighted by Crippen LogP contribution is 2.17. The number of piperidine rings is 1. The van der Waals surface area contributed by atoms with E-state index in [1.165, 1.54) is 12.1 Å². The minimum Gasteiger partial charge on any atom is -0.481 e. The van der Waals surface area contributed by atoms with Crippen molar-refractivity contribution in [3.8, 4) is 5.75 Å². The smallest absolute Gasteiger partial charge is 0.260 e. The van der Waals surface area contributed by atoms with Gasteiger partial charge in [-0.3, -0.25) is 4.79 Å². The Labute approximate surface area is 125 Å². The van der Waals surface area contributed by atoms with Gasteiger partial charge in [-0.25, -0.2) is 4.39 Å². The molecule has 0 aliphatic carbocycles. The lowest BCUT2D eigenvalue weighted by atomic mass is 10.0. The maximum atomic E-state index is 13.4. The highest BCUT2D eigenvalue weighted by Gasteiger charge is 2.24. The molecule has 0 bridgehead atoms. The van der Waals surface area contributed by atoms with Crippen molar-refractivity contribution in [3.05, 3.63) is 30.1 Å². The molecule has 1 heterocycles. The molecule has 2 rings (SSSR count). The molecule has 1 aromatic rings. The molecular weight excluding hydrogens is 271 g/mol. The van der Waals surface area contributed by atoms with Gasteiger partial charge < -0.3 is 14.5 Å². The summed E-state index contributed by atoms with van der Waals surface area (Å²) in [5.74, 6) is -0.419. The van der Waals surface area contributed by atoms with Crippen LogP contribution >= 0.6 is 0 Å². The highest BCUT2D eigenvalue weighted by atomic mass is 19.1. The molecule has 0 saturated carbocycles. The first-order chi connectivity index (χ1) is 10.1. The fourth-order valence-electron chi connectivity index (χ4n) is 2.63. The third-order valence-electron chi connectivity index (χ3n) is 4.13. The number of likely N-dealkylation sites (N-methyl/N-ethyl adjacent to an activating group) is 1. The SMILES string of the molecule is CCN1CCC(N(C)C(=O)COc2ccccc2F)CC1. The summed E-state index contributed by atoms with van der Waals surface area (Å²) in [5.41, 5.74) is 0. The molecule has 116 valence electrons. The molecule has 1 amide bonds. The quantitative estimate of drug-likeness (QED) is 0.834. The minimum atomic E-state index is -0.441. The zero-order valence-electron chi connectivity index (χ0n) is 12.7. The molecule has 0 N–H and O–H groups in total. The lowest BCUT2D eigenvalue weighted by molar-refractivity contribution is -0.135. The summed E-state index contributed by atoms with van der Waals surface area (Å²) >= 11 is 0. The van der Waals surface area contributed by atoms with Crippen molar-refractivity contribution in [1.82, 2.24) is 9.80 Å². The third kappa shape index (κ3) is 4.17. The third-order valence-corrected chi connectivity index (χ3v) is 4.13. The first-order valence-electron chi connectivity index (χ1n) is 7.47. The van der Waals surface area contributed by atoms with Crippen molar-refractivity contribution < 1.29 is 13.9 Å². The molecule has 5 heteroatoms. The number of rotatable bonds is 5. The van der Waals surface area contributed by atoms with Gasteiger partial charge in [0.25, 0.3) is 5.91 Å². The topological polar surface area (TPSA) is 32.8 Å². The molecule has 4 nitrogen and oxygen atoms in total. The van der Waals surface area contributed by atoms with E-state index in [4.69, 9.17) is 4.74 Å². The van der Waals surface area contributed by atoms with Crippen molar-refractivity contribution in [1.29, 1.82) is 0 Å². The van der Waals surface area contributed by atoms with Crippen molar-refractivity contribution in [2.75, 3.05) is 33.3 Å². The molecule has 1 aliphatic rings. The molecule has 1 fully saturated rings. The first-order valence-corrected chi connectivity index (χ1v) is 7.47. The van der Waals surface area contributed by atoms with Gasteiger partial charge >= 0.3 is 0 Å². The number of hydrogen-bond acceptors (Lipinski definition) is 3. The van der Waals surface area contributed by atoms with Crippen LogP contribution in [0.4, 0.5) is 4.39 Å². The zero-order valence-corrected chi connectivity index (χ0v) is 12.7. The number of para-hydroxylation sites is 1. The molecule has 0 aromatic heterocycles. The number of carbonyl (C=O) groups is 1. The van der Waals surface area contributed by atoms with Crippen LogP contribution in [0, 0.1) is 5.82 Å². The second-order valence-corrected chi connectivity index (χ2v) is 5.39. The van der Waals surface area contributed by atoms with E-state index >= 15 is 0 Å².